The third-order valence-corrected chi connectivity index (χ3v) is 3.39. The van der Waals surface area contributed by atoms with Gasteiger partial charge >= 0.3 is 0 Å². The zero-order valence-electron chi connectivity index (χ0n) is 10.3. The standard InChI is InChI=1S/C13H17ClN2O.ClH/c1-8-6-10(14)4-5-11(8)13(17)16-7-12(15)9-2-3-9;/h4-6,9,12H,2-3,7,15H2,1H3,(H,16,17);1H. The van der Waals surface area contributed by atoms with Gasteiger partial charge in [0.2, 0.25) is 0 Å². The van der Waals surface area contributed by atoms with Gasteiger partial charge in [-0.15, -0.1) is 12.4 Å². The summed E-state index contributed by atoms with van der Waals surface area (Å²) in [4.78, 5) is 11.9. The largest absolute Gasteiger partial charge is 0.350 e. The van der Waals surface area contributed by atoms with E-state index in [0.717, 1.165) is 5.56 Å². The van der Waals surface area contributed by atoms with Crippen LogP contribution in [-0.4, -0.2) is 18.5 Å². The molecule has 1 amide bonds. The van der Waals surface area contributed by atoms with Crippen LogP contribution in [0.15, 0.2) is 18.2 Å². The summed E-state index contributed by atoms with van der Waals surface area (Å²) in [6, 6.07) is 5.35. The fraction of sp³-hybridized carbons (Fsp3) is 0.462. The Morgan fingerprint density at radius 1 is 1.56 bits per heavy atom. The van der Waals surface area contributed by atoms with Crippen molar-refractivity contribution in [2.75, 3.05) is 6.54 Å². The second-order valence-electron chi connectivity index (χ2n) is 4.67. The lowest BCUT2D eigenvalue weighted by molar-refractivity contribution is 0.0949. The van der Waals surface area contributed by atoms with Crippen molar-refractivity contribution in [3.05, 3.63) is 34.3 Å². The van der Waals surface area contributed by atoms with E-state index in [9.17, 15) is 4.79 Å². The Morgan fingerprint density at radius 2 is 2.22 bits per heavy atom. The third kappa shape index (κ3) is 3.87. The summed E-state index contributed by atoms with van der Waals surface area (Å²) in [6.45, 7) is 2.42. The quantitative estimate of drug-likeness (QED) is 0.895. The molecule has 2 rings (SSSR count). The summed E-state index contributed by atoms with van der Waals surface area (Å²) in [5.41, 5.74) is 7.48. The van der Waals surface area contributed by atoms with Gasteiger partial charge in [0, 0.05) is 23.2 Å². The lowest BCUT2D eigenvalue weighted by Crippen LogP contribution is -2.38. The van der Waals surface area contributed by atoms with E-state index in [4.69, 9.17) is 17.3 Å². The summed E-state index contributed by atoms with van der Waals surface area (Å²) in [6.07, 6.45) is 2.38. The molecule has 0 radical (unpaired) electrons. The fourth-order valence-corrected chi connectivity index (χ4v) is 2.11. The molecule has 3 N–H and O–H groups in total. The van der Waals surface area contributed by atoms with Gasteiger partial charge in [-0.2, -0.15) is 0 Å². The van der Waals surface area contributed by atoms with Crippen LogP contribution in [0.4, 0.5) is 0 Å². The maximum absolute atomic E-state index is 11.9. The highest BCUT2D eigenvalue weighted by Crippen LogP contribution is 2.31. The molecule has 5 heteroatoms. The van der Waals surface area contributed by atoms with Crippen molar-refractivity contribution in [2.24, 2.45) is 11.7 Å². The number of nitrogens with one attached hydrogen (secondary N) is 1. The molecule has 1 aromatic carbocycles. The summed E-state index contributed by atoms with van der Waals surface area (Å²) < 4.78 is 0. The number of hydrogen-bond acceptors (Lipinski definition) is 2. The van der Waals surface area contributed by atoms with E-state index >= 15 is 0 Å². The second-order valence-corrected chi connectivity index (χ2v) is 5.11. The van der Waals surface area contributed by atoms with Gasteiger partial charge in [-0.05, 0) is 49.4 Å². The molecule has 0 aliphatic heterocycles. The highest BCUT2D eigenvalue weighted by Gasteiger charge is 2.28. The minimum absolute atomic E-state index is 0. The first kappa shape index (κ1) is 15.3. The van der Waals surface area contributed by atoms with Crippen LogP contribution in [0.1, 0.15) is 28.8 Å². The average molecular weight is 289 g/mol. The monoisotopic (exact) mass is 288 g/mol. The van der Waals surface area contributed by atoms with Gasteiger partial charge in [-0.1, -0.05) is 11.6 Å². The lowest BCUT2D eigenvalue weighted by Gasteiger charge is -2.12. The van der Waals surface area contributed by atoms with E-state index in [-0.39, 0.29) is 24.4 Å². The van der Waals surface area contributed by atoms with E-state index in [2.05, 4.69) is 5.32 Å². The Labute approximate surface area is 118 Å². The molecule has 1 aromatic rings. The Kier molecular flexibility index (Phi) is 5.45. The molecular weight excluding hydrogens is 271 g/mol. The molecule has 0 aromatic heterocycles. The van der Waals surface area contributed by atoms with Crippen LogP contribution in [0, 0.1) is 12.8 Å². The van der Waals surface area contributed by atoms with Crippen LogP contribution in [0.3, 0.4) is 0 Å². The Morgan fingerprint density at radius 3 is 2.78 bits per heavy atom. The molecule has 0 spiro atoms. The number of rotatable bonds is 4. The minimum atomic E-state index is -0.0738. The van der Waals surface area contributed by atoms with Gasteiger partial charge in [0.25, 0.3) is 5.91 Å². The van der Waals surface area contributed by atoms with Gasteiger partial charge in [-0.25, -0.2) is 0 Å². The number of halogens is 2. The second kappa shape index (κ2) is 6.41. The molecule has 1 unspecified atom stereocenters. The number of carbonyl (C=O) groups excluding carboxylic acids is 1. The topological polar surface area (TPSA) is 55.1 Å². The van der Waals surface area contributed by atoms with Crippen LogP contribution in [0.25, 0.3) is 0 Å². The highest BCUT2D eigenvalue weighted by molar-refractivity contribution is 6.30. The summed E-state index contributed by atoms with van der Waals surface area (Å²) in [5, 5.41) is 3.52. The summed E-state index contributed by atoms with van der Waals surface area (Å²) in [5.74, 6) is 0.525. The first-order valence-electron chi connectivity index (χ1n) is 5.88. The summed E-state index contributed by atoms with van der Waals surface area (Å²) in [7, 11) is 0. The average Bonchev–Trinajstić information content (AvgIpc) is 3.09. The van der Waals surface area contributed by atoms with Crippen molar-refractivity contribution in [3.63, 3.8) is 0 Å². The Balaban J connectivity index is 0.00000162. The van der Waals surface area contributed by atoms with Crippen LogP contribution < -0.4 is 11.1 Å². The van der Waals surface area contributed by atoms with Gasteiger partial charge in [0.05, 0.1) is 0 Å². The molecule has 0 heterocycles. The van der Waals surface area contributed by atoms with Crippen molar-refractivity contribution >= 4 is 29.9 Å². The van der Waals surface area contributed by atoms with Crippen LogP contribution in [-0.2, 0) is 0 Å². The lowest BCUT2D eigenvalue weighted by atomic mass is 10.1. The number of nitrogens with two attached hydrogens (primary N) is 1. The fourth-order valence-electron chi connectivity index (χ4n) is 1.88. The molecule has 1 fully saturated rings. The molecule has 100 valence electrons. The van der Waals surface area contributed by atoms with Crippen LogP contribution in [0.5, 0.6) is 0 Å². The Bertz CT molecular complexity index is 433. The number of benzene rings is 1. The van der Waals surface area contributed by atoms with Crippen molar-refractivity contribution in [3.8, 4) is 0 Å². The zero-order chi connectivity index (χ0) is 12.4. The number of amides is 1. The zero-order valence-corrected chi connectivity index (χ0v) is 11.9. The van der Waals surface area contributed by atoms with Gasteiger partial charge < -0.3 is 11.1 Å². The smallest absolute Gasteiger partial charge is 0.251 e. The predicted octanol–water partition coefficient (Wildman–Crippen LogP) is 2.54. The van der Waals surface area contributed by atoms with E-state index in [1.807, 2.05) is 6.92 Å². The third-order valence-electron chi connectivity index (χ3n) is 3.16. The molecule has 1 atom stereocenters. The number of aryl methyl sites for hydroxylation is 1. The maximum Gasteiger partial charge on any atom is 0.251 e. The van der Waals surface area contributed by atoms with Gasteiger partial charge in [0.15, 0.2) is 0 Å². The predicted molar refractivity (Wildman–Crippen MR) is 76.5 cm³/mol. The van der Waals surface area contributed by atoms with Crippen molar-refractivity contribution in [1.29, 1.82) is 0 Å². The van der Waals surface area contributed by atoms with Crippen molar-refractivity contribution in [2.45, 2.75) is 25.8 Å². The first-order chi connectivity index (χ1) is 8.08. The van der Waals surface area contributed by atoms with Gasteiger partial charge in [0.1, 0.15) is 0 Å². The van der Waals surface area contributed by atoms with E-state index < -0.39 is 0 Å². The molecule has 0 bridgehead atoms. The first-order valence-corrected chi connectivity index (χ1v) is 6.25. The van der Waals surface area contributed by atoms with E-state index in [1.54, 1.807) is 18.2 Å². The number of carbonyl (C=O) groups is 1. The molecule has 0 saturated heterocycles. The molecule has 1 saturated carbocycles. The molecule has 3 nitrogen and oxygen atoms in total. The SMILES string of the molecule is Cc1cc(Cl)ccc1C(=O)NCC(N)C1CC1.Cl. The minimum Gasteiger partial charge on any atom is -0.350 e. The van der Waals surface area contributed by atoms with Crippen molar-refractivity contribution < 1.29 is 4.79 Å². The van der Waals surface area contributed by atoms with E-state index in [0.29, 0.717) is 23.0 Å². The molecule has 1 aliphatic rings. The maximum atomic E-state index is 11.9. The normalized spacial score (nSPS) is 15.7. The molecule has 1 aliphatic carbocycles. The van der Waals surface area contributed by atoms with Gasteiger partial charge in [-0.3, -0.25) is 4.79 Å². The molecular formula is C13H18Cl2N2O. The van der Waals surface area contributed by atoms with Crippen LogP contribution >= 0.6 is 24.0 Å². The molecule has 18 heavy (non-hydrogen) atoms. The van der Waals surface area contributed by atoms with Crippen LogP contribution in [0.2, 0.25) is 5.02 Å². The van der Waals surface area contributed by atoms with E-state index in [1.165, 1.54) is 12.8 Å². The summed E-state index contributed by atoms with van der Waals surface area (Å²) >= 11 is 5.85. The number of hydrogen-bond donors (Lipinski definition) is 2. The highest BCUT2D eigenvalue weighted by atomic mass is 35.5. The van der Waals surface area contributed by atoms with Crippen molar-refractivity contribution in [1.82, 2.24) is 5.32 Å². The Hall–Kier alpha value is -0.770.